The molecule has 2 aromatic rings. The summed E-state index contributed by atoms with van der Waals surface area (Å²) in [4.78, 5) is 12.0. The molecule has 122 valence electrons. The molecule has 0 aliphatic rings. The molecule has 5 N–H and O–H groups in total. The number of hydrogen-bond donors (Lipinski definition) is 3. The molecule has 0 heterocycles. The lowest BCUT2D eigenvalue weighted by atomic mass is 10.1. The van der Waals surface area contributed by atoms with Gasteiger partial charge in [0, 0.05) is 24.3 Å². The first-order valence-electron chi connectivity index (χ1n) is 6.86. The van der Waals surface area contributed by atoms with Gasteiger partial charge in [0.2, 0.25) is 0 Å². The highest BCUT2D eigenvalue weighted by Crippen LogP contribution is 2.22. The molecule has 1 amide bonds. The van der Waals surface area contributed by atoms with Crippen molar-refractivity contribution >= 4 is 11.6 Å². The van der Waals surface area contributed by atoms with Gasteiger partial charge < -0.3 is 16.8 Å². The van der Waals surface area contributed by atoms with Crippen LogP contribution in [0.4, 0.5) is 18.9 Å². The van der Waals surface area contributed by atoms with Gasteiger partial charge in [-0.1, -0.05) is 12.1 Å². The van der Waals surface area contributed by atoms with Crippen LogP contribution in [0.3, 0.4) is 0 Å². The normalized spacial score (nSPS) is 10.8. The van der Waals surface area contributed by atoms with Gasteiger partial charge >= 0.3 is 0 Å². The molecule has 0 aromatic heterocycles. The molecule has 0 aliphatic carbocycles. The Bertz CT molecular complexity index is 720. The van der Waals surface area contributed by atoms with E-state index in [1.54, 1.807) is 18.2 Å². The molecule has 7 heteroatoms. The molecule has 0 saturated carbocycles. The zero-order valence-corrected chi connectivity index (χ0v) is 12.2. The third-order valence-corrected chi connectivity index (χ3v) is 3.45. The van der Waals surface area contributed by atoms with Crippen molar-refractivity contribution in [3.05, 3.63) is 64.5 Å². The summed E-state index contributed by atoms with van der Waals surface area (Å²) >= 11 is 0. The SMILES string of the molecule is NCc1c(N)cccc1CNC(=O)c1ccc(C(F)F)c(F)c1. The van der Waals surface area contributed by atoms with Gasteiger partial charge in [-0.25, -0.2) is 13.2 Å². The number of carbonyl (C=O) groups is 1. The summed E-state index contributed by atoms with van der Waals surface area (Å²) in [5.41, 5.74) is 12.6. The summed E-state index contributed by atoms with van der Waals surface area (Å²) in [7, 11) is 0. The zero-order chi connectivity index (χ0) is 17.0. The van der Waals surface area contributed by atoms with Crippen LogP contribution in [-0.2, 0) is 13.1 Å². The molecule has 0 radical (unpaired) electrons. The van der Waals surface area contributed by atoms with E-state index < -0.39 is 23.7 Å². The predicted octanol–water partition coefficient (Wildman–Crippen LogP) is 2.73. The Morgan fingerprint density at radius 1 is 1.22 bits per heavy atom. The number of hydrogen-bond acceptors (Lipinski definition) is 3. The summed E-state index contributed by atoms with van der Waals surface area (Å²) in [6.07, 6.45) is -2.92. The zero-order valence-electron chi connectivity index (χ0n) is 12.2. The largest absolute Gasteiger partial charge is 0.398 e. The maximum absolute atomic E-state index is 13.5. The van der Waals surface area contributed by atoms with Crippen LogP contribution in [0, 0.1) is 5.82 Å². The van der Waals surface area contributed by atoms with E-state index >= 15 is 0 Å². The lowest BCUT2D eigenvalue weighted by Crippen LogP contribution is -2.24. The highest BCUT2D eigenvalue weighted by molar-refractivity contribution is 5.94. The van der Waals surface area contributed by atoms with Crippen molar-refractivity contribution in [3.63, 3.8) is 0 Å². The fourth-order valence-corrected chi connectivity index (χ4v) is 2.19. The quantitative estimate of drug-likeness (QED) is 0.740. The Balaban J connectivity index is 2.11. The van der Waals surface area contributed by atoms with Gasteiger partial charge in [0.15, 0.2) is 0 Å². The van der Waals surface area contributed by atoms with Crippen LogP contribution >= 0.6 is 0 Å². The van der Waals surface area contributed by atoms with E-state index in [1.807, 2.05) is 0 Å². The van der Waals surface area contributed by atoms with Crippen LogP contribution in [0.15, 0.2) is 36.4 Å². The molecule has 23 heavy (non-hydrogen) atoms. The molecule has 2 rings (SSSR count). The standard InChI is InChI=1S/C16H16F3N3O/c17-13-6-9(4-5-11(13)15(18)19)16(23)22-8-10-2-1-3-14(21)12(10)7-20/h1-6,15H,7-8,20-21H2,(H,22,23). The molecule has 0 unspecified atom stereocenters. The Labute approximate surface area is 131 Å². The van der Waals surface area contributed by atoms with Crippen LogP contribution in [0.1, 0.15) is 33.5 Å². The summed E-state index contributed by atoms with van der Waals surface area (Å²) in [6, 6.07) is 8.04. The number of halogens is 3. The first-order chi connectivity index (χ1) is 10.9. The smallest absolute Gasteiger partial charge is 0.266 e. The van der Waals surface area contributed by atoms with Gasteiger partial charge in [-0.05, 0) is 35.4 Å². The Morgan fingerprint density at radius 2 is 1.96 bits per heavy atom. The molecule has 2 aromatic carbocycles. The first-order valence-corrected chi connectivity index (χ1v) is 6.86. The molecule has 0 spiro atoms. The third-order valence-electron chi connectivity index (χ3n) is 3.45. The van der Waals surface area contributed by atoms with Gasteiger partial charge in [-0.15, -0.1) is 0 Å². The van der Waals surface area contributed by atoms with E-state index in [1.165, 1.54) is 0 Å². The highest BCUT2D eigenvalue weighted by Gasteiger charge is 2.16. The topological polar surface area (TPSA) is 81.1 Å². The van der Waals surface area contributed by atoms with Gasteiger partial charge in [-0.3, -0.25) is 4.79 Å². The van der Waals surface area contributed by atoms with Gasteiger partial charge in [-0.2, -0.15) is 0 Å². The van der Waals surface area contributed by atoms with Crippen molar-refractivity contribution in [1.82, 2.24) is 5.32 Å². The molecular formula is C16H16F3N3O. The predicted molar refractivity (Wildman–Crippen MR) is 81.3 cm³/mol. The maximum Gasteiger partial charge on any atom is 0.266 e. The van der Waals surface area contributed by atoms with Crippen molar-refractivity contribution in [2.24, 2.45) is 5.73 Å². The number of rotatable bonds is 5. The number of benzene rings is 2. The van der Waals surface area contributed by atoms with E-state index in [2.05, 4.69) is 5.32 Å². The van der Waals surface area contributed by atoms with Crippen LogP contribution in [-0.4, -0.2) is 5.91 Å². The lowest BCUT2D eigenvalue weighted by molar-refractivity contribution is 0.0949. The number of anilines is 1. The number of nitrogens with one attached hydrogen (secondary N) is 1. The van der Waals surface area contributed by atoms with Crippen LogP contribution in [0.5, 0.6) is 0 Å². The van der Waals surface area contributed by atoms with Gasteiger partial charge in [0.1, 0.15) is 5.82 Å². The number of nitrogen functional groups attached to an aromatic ring is 1. The molecule has 0 atom stereocenters. The number of nitrogens with two attached hydrogens (primary N) is 2. The molecule has 0 bridgehead atoms. The summed E-state index contributed by atoms with van der Waals surface area (Å²) < 4.78 is 38.5. The van der Waals surface area contributed by atoms with Crippen molar-refractivity contribution in [2.45, 2.75) is 19.5 Å². The Morgan fingerprint density at radius 3 is 2.57 bits per heavy atom. The molecule has 0 saturated heterocycles. The maximum atomic E-state index is 13.5. The van der Waals surface area contributed by atoms with Gasteiger partial charge in [0.05, 0.1) is 5.56 Å². The molecular weight excluding hydrogens is 307 g/mol. The Hall–Kier alpha value is -2.54. The fourth-order valence-electron chi connectivity index (χ4n) is 2.19. The van der Waals surface area contributed by atoms with E-state index in [4.69, 9.17) is 11.5 Å². The van der Waals surface area contributed by atoms with Gasteiger partial charge in [0.25, 0.3) is 12.3 Å². The van der Waals surface area contributed by atoms with E-state index in [0.717, 1.165) is 23.8 Å². The lowest BCUT2D eigenvalue weighted by Gasteiger charge is -2.12. The number of carbonyl (C=O) groups excluding carboxylic acids is 1. The third kappa shape index (κ3) is 3.81. The van der Waals surface area contributed by atoms with Crippen molar-refractivity contribution in [3.8, 4) is 0 Å². The van der Waals surface area contributed by atoms with Crippen LogP contribution in [0.25, 0.3) is 0 Å². The van der Waals surface area contributed by atoms with E-state index in [0.29, 0.717) is 11.3 Å². The minimum Gasteiger partial charge on any atom is -0.398 e. The number of amides is 1. The van der Waals surface area contributed by atoms with Crippen molar-refractivity contribution < 1.29 is 18.0 Å². The summed E-state index contributed by atoms with van der Waals surface area (Å²) in [5, 5.41) is 2.59. The molecule has 0 fully saturated rings. The second kappa shape index (κ2) is 7.15. The highest BCUT2D eigenvalue weighted by atomic mass is 19.3. The van der Waals surface area contributed by atoms with Crippen LogP contribution in [0.2, 0.25) is 0 Å². The van der Waals surface area contributed by atoms with E-state index in [-0.39, 0.29) is 18.7 Å². The molecule has 4 nitrogen and oxygen atoms in total. The number of alkyl halides is 2. The summed E-state index contributed by atoms with van der Waals surface area (Å²) in [6.45, 7) is 0.365. The minimum absolute atomic E-state index is 0.0369. The van der Waals surface area contributed by atoms with Crippen LogP contribution < -0.4 is 16.8 Å². The fraction of sp³-hybridized carbons (Fsp3) is 0.188. The first kappa shape index (κ1) is 16.8. The Kier molecular flexibility index (Phi) is 5.23. The molecule has 0 aliphatic heterocycles. The average Bonchev–Trinajstić information content (AvgIpc) is 2.52. The van der Waals surface area contributed by atoms with E-state index in [9.17, 15) is 18.0 Å². The van der Waals surface area contributed by atoms with Crippen molar-refractivity contribution in [1.29, 1.82) is 0 Å². The summed E-state index contributed by atoms with van der Waals surface area (Å²) in [5.74, 6) is -1.69. The van der Waals surface area contributed by atoms with Crippen molar-refractivity contribution in [2.75, 3.05) is 5.73 Å². The second-order valence-electron chi connectivity index (χ2n) is 4.91. The second-order valence-corrected chi connectivity index (χ2v) is 4.91. The average molecular weight is 323 g/mol. The minimum atomic E-state index is -2.92. The monoisotopic (exact) mass is 323 g/mol.